The van der Waals surface area contributed by atoms with Gasteiger partial charge in [-0.1, -0.05) is 18.2 Å². The van der Waals surface area contributed by atoms with Gasteiger partial charge in [0.1, 0.15) is 11.5 Å². The van der Waals surface area contributed by atoms with Crippen LogP contribution in [-0.4, -0.2) is 37.0 Å². The first-order chi connectivity index (χ1) is 12.6. The summed E-state index contributed by atoms with van der Waals surface area (Å²) in [4.78, 5) is 23.7. The molecular formula is C19H22N4O3. The number of nitrogens with one attached hydrogen (secondary N) is 3. The van der Waals surface area contributed by atoms with E-state index >= 15 is 0 Å². The van der Waals surface area contributed by atoms with E-state index < -0.39 is 0 Å². The third-order valence-electron chi connectivity index (χ3n) is 4.10. The van der Waals surface area contributed by atoms with Gasteiger partial charge in [-0.15, -0.1) is 0 Å². The van der Waals surface area contributed by atoms with Crippen molar-refractivity contribution in [2.45, 2.75) is 18.5 Å². The topological polar surface area (TPSA) is 105 Å². The van der Waals surface area contributed by atoms with E-state index in [1.807, 2.05) is 30.3 Å². The molecule has 0 radical (unpaired) electrons. The SMILES string of the molecule is NCC(=O)N[C@H]1CN[C@H](C(=O)Nc2ccc(Oc3ccccc3)cc2)C1. The molecule has 0 unspecified atom stereocenters. The fourth-order valence-electron chi connectivity index (χ4n) is 2.79. The summed E-state index contributed by atoms with van der Waals surface area (Å²) in [5, 5.41) is 8.76. The minimum Gasteiger partial charge on any atom is -0.457 e. The standard InChI is InChI=1S/C19H22N4O3/c20-11-18(24)22-14-10-17(21-12-14)19(25)23-13-6-8-16(9-7-13)26-15-4-2-1-3-5-15/h1-9,14,17,21H,10-12,20H2,(H,22,24)(H,23,25)/t14-,17+/m1/s1. The molecule has 0 aromatic heterocycles. The van der Waals surface area contributed by atoms with Gasteiger partial charge in [0.25, 0.3) is 0 Å². The monoisotopic (exact) mass is 354 g/mol. The van der Waals surface area contributed by atoms with Gasteiger partial charge in [0.15, 0.2) is 0 Å². The molecule has 1 aliphatic rings. The molecule has 1 saturated heterocycles. The molecule has 2 aromatic carbocycles. The van der Waals surface area contributed by atoms with E-state index in [0.717, 1.165) is 5.75 Å². The number of amides is 2. The Balaban J connectivity index is 1.51. The zero-order chi connectivity index (χ0) is 18.4. The van der Waals surface area contributed by atoms with Crippen LogP contribution in [0.5, 0.6) is 11.5 Å². The van der Waals surface area contributed by atoms with Crippen LogP contribution in [0.2, 0.25) is 0 Å². The van der Waals surface area contributed by atoms with E-state index in [0.29, 0.717) is 24.4 Å². The lowest BCUT2D eigenvalue weighted by atomic mass is 10.1. The predicted octanol–water partition coefficient (Wildman–Crippen LogP) is 1.22. The molecule has 1 aliphatic heterocycles. The first-order valence-corrected chi connectivity index (χ1v) is 8.50. The Hall–Kier alpha value is -2.90. The average Bonchev–Trinajstić information content (AvgIpc) is 3.12. The Morgan fingerprint density at radius 3 is 2.46 bits per heavy atom. The van der Waals surface area contributed by atoms with Gasteiger partial charge in [-0.2, -0.15) is 0 Å². The van der Waals surface area contributed by atoms with Gasteiger partial charge in [-0.05, 0) is 42.8 Å². The van der Waals surface area contributed by atoms with Gasteiger partial charge in [0.2, 0.25) is 11.8 Å². The van der Waals surface area contributed by atoms with Crippen molar-refractivity contribution in [1.82, 2.24) is 10.6 Å². The van der Waals surface area contributed by atoms with Crippen molar-refractivity contribution in [2.75, 3.05) is 18.4 Å². The molecule has 2 atom stereocenters. The van der Waals surface area contributed by atoms with E-state index in [2.05, 4.69) is 16.0 Å². The molecule has 7 heteroatoms. The summed E-state index contributed by atoms with van der Waals surface area (Å²) in [5.41, 5.74) is 5.97. The fourth-order valence-corrected chi connectivity index (χ4v) is 2.79. The highest BCUT2D eigenvalue weighted by Crippen LogP contribution is 2.22. The molecule has 5 N–H and O–H groups in total. The van der Waals surface area contributed by atoms with Crippen LogP contribution in [0, 0.1) is 0 Å². The quantitative estimate of drug-likeness (QED) is 0.624. The normalized spacial score (nSPS) is 19.0. The van der Waals surface area contributed by atoms with Crippen LogP contribution < -0.4 is 26.4 Å². The summed E-state index contributed by atoms with van der Waals surface area (Å²) >= 11 is 0. The van der Waals surface area contributed by atoms with Crippen LogP contribution in [0.3, 0.4) is 0 Å². The Bertz CT molecular complexity index is 749. The molecule has 136 valence electrons. The van der Waals surface area contributed by atoms with E-state index in [-0.39, 0.29) is 30.4 Å². The zero-order valence-electron chi connectivity index (χ0n) is 14.3. The van der Waals surface area contributed by atoms with Gasteiger partial charge >= 0.3 is 0 Å². The third kappa shape index (κ3) is 4.81. The molecule has 1 heterocycles. The summed E-state index contributed by atoms with van der Waals surface area (Å²) in [6.45, 7) is 0.498. The molecule has 1 fully saturated rings. The molecule has 0 bridgehead atoms. The minimum atomic E-state index is -0.349. The van der Waals surface area contributed by atoms with E-state index in [4.69, 9.17) is 10.5 Å². The number of benzene rings is 2. The van der Waals surface area contributed by atoms with Crippen LogP contribution >= 0.6 is 0 Å². The van der Waals surface area contributed by atoms with Crippen LogP contribution in [0.25, 0.3) is 0 Å². The number of nitrogens with two attached hydrogens (primary N) is 1. The number of para-hydroxylation sites is 1. The van der Waals surface area contributed by atoms with Gasteiger partial charge in [0, 0.05) is 18.3 Å². The van der Waals surface area contributed by atoms with E-state index in [9.17, 15) is 9.59 Å². The second-order valence-corrected chi connectivity index (χ2v) is 6.09. The van der Waals surface area contributed by atoms with Gasteiger partial charge in [-0.3, -0.25) is 9.59 Å². The van der Waals surface area contributed by atoms with Crippen molar-refractivity contribution in [3.05, 3.63) is 54.6 Å². The number of hydrogen-bond acceptors (Lipinski definition) is 5. The maximum Gasteiger partial charge on any atom is 0.241 e. The first kappa shape index (κ1) is 17.9. The highest BCUT2D eigenvalue weighted by Gasteiger charge is 2.30. The lowest BCUT2D eigenvalue weighted by molar-refractivity contribution is -0.121. The van der Waals surface area contributed by atoms with E-state index in [1.54, 1.807) is 24.3 Å². The van der Waals surface area contributed by atoms with Gasteiger partial charge < -0.3 is 26.4 Å². The maximum absolute atomic E-state index is 12.3. The molecule has 0 spiro atoms. The van der Waals surface area contributed by atoms with Crippen LogP contribution in [0.1, 0.15) is 6.42 Å². The van der Waals surface area contributed by atoms with Crippen LogP contribution in [0.4, 0.5) is 5.69 Å². The molecule has 0 saturated carbocycles. The van der Waals surface area contributed by atoms with Gasteiger partial charge in [0.05, 0.1) is 12.6 Å². The van der Waals surface area contributed by atoms with Crippen molar-refractivity contribution < 1.29 is 14.3 Å². The summed E-state index contributed by atoms with van der Waals surface area (Å²) in [6.07, 6.45) is 0.534. The molecule has 2 amide bonds. The Labute approximate surface area is 151 Å². The fraction of sp³-hybridized carbons (Fsp3) is 0.263. The smallest absolute Gasteiger partial charge is 0.241 e. The minimum absolute atomic E-state index is 0.0508. The van der Waals surface area contributed by atoms with Crippen molar-refractivity contribution in [2.24, 2.45) is 5.73 Å². The Morgan fingerprint density at radius 2 is 1.77 bits per heavy atom. The van der Waals surface area contributed by atoms with Crippen molar-refractivity contribution in [3.8, 4) is 11.5 Å². The summed E-state index contributed by atoms with van der Waals surface area (Å²) in [5.74, 6) is 1.10. The molecule has 26 heavy (non-hydrogen) atoms. The van der Waals surface area contributed by atoms with Crippen LogP contribution in [-0.2, 0) is 9.59 Å². The lowest BCUT2D eigenvalue weighted by Gasteiger charge is -2.13. The number of rotatable bonds is 6. The molecule has 7 nitrogen and oxygen atoms in total. The second kappa shape index (κ2) is 8.46. The van der Waals surface area contributed by atoms with Crippen molar-refractivity contribution in [3.63, 3.8) is 0 Å². The van der Waals surface area contributed by atoms with Crippen LogP contribution in [0.15, 0.2) is 54.6 Å². The average molecular weight is 354 g/mol. The predicted molar refractivity (Wildman–Crippen MR) is 99.0 cm³/mol. The van der Waals surface area contributed by atoms with Crippen molar-refractivity contribution >= 4 is 17.5 Å². The highest BCUT2D eigenvalue weighted by molar-refractivity contribution is 5.95. The second-order valence-electron chi connectivity index (χ2n) is 6.09. The molecule has 0 aliphatic carbocycles. The van der Waals surface area contributed by atoms with E-state index in [1.165, 1.54) is 0 Å². The number of carbonyl (C=O) groups excluding carboxylic acids is 2. The summed E-state index contributed by atoms with van der Waals surface area (Å²) < 4.78 is 5.72. The number of carbonyl (C=O) groups is 2. The first-order valence-electron chi connectivity index (χ1n) is 8.50. The summed E-state index contributed by atoms with van der Waals surface area (Å²) in [6, 6.07) is 16.2. The maximum atomic E-state index is 12.3. The number of hydrogen-bond donors (Lipinski definition) is 4. The molecule has 3 rings (SSSR count). The number of anilines is 1. The lowest BCUT2D eigenvalue weighted by Crippen LogP contribution is -2.39. The Morgan fingerprint density at radius 1 is 1.08 bits per heavy atom. The van der Waals surface area contributed by atoms with Crippen molar-refractivity contribution in [1.29, 1.82) is 0 Å². The summed E-state index contributed by atoms with van der Waals surface area (Å²) in [7, 11) is 0. The third-order valence-corrected chi connectivity index (χ3v) is 4.10. The molecule has 2 aromatic rings. The zero-order valence-corrected chi connectivity index (χ0v) is 14.3. The molecular weight excluding hydrogens is 332 g/mol. The largest absolute Gasteiger partial charge is 0.457 e. The highest BCUT2D eigenvalue weighted by atomic mass is 16.5. The Kier molecular flexibility index (Phi) is 5.83. The van der Waals surface area contributed by atoms with Gasteiger partial charge in [-0.25, -0.2) is 0 Å². The number of ether oxygens (including phenoxy) is 1.